The van der Waals surface area contributed by atoms with Crippen LogP contribution in [0, 0.1) is 40.8 Å². The first-order chi connectivity index (χ1) is 23.0. The third-order valence-electron chi connectivity index (χ3n) is 7.19. The van der Waals surface area contributed by atoms with Crippen LogP contribution in [0.1, 0.15) is 76.5 Å². The maximum atomic E-state index is 14.1. The fourth-order valence-corrected chi connectivity index (χ4v) is 3.81. The van der Waals surface area contributed by atoms with Crippen LogP contribution in [0.2, 0.25) is 0 Å². The number of hydrogen-bond donors (Lipinski definition) is 0. The topological polar surface area (TPSA) is 90.2 Å². The van der Waals surface area contributed by atoms with Gasteiger partial charge < -0.3 is 9.80 Å². The number of halogens is 4. The van der Waals surface area contributed by atoms with Crippen LogP contribution in [-0.2, 0) is 0 Å². The van der Waals surface area contributed by atoms with Gasteiger partial charge in [0, 0.05) is 54.3 Å². The molecule has 4 rings (SSSR count). The molecule has 0 saturated heterocycles. The molecular weight excluding hydrogens is 634 g/mol. The Balaban J connectivity index is 0.000000266. The van der Waals surface area contributed by atoms with Crippen LogP contribution in [0.15, 0.2) is 85.2 Å². The molecule has 2 aromatic carbocycles. The van der Waals surface area contributed by atoms with Crippen LogP contribution in [0.3, 0.4) is 0 Å². The first-order valence-corrected chi connectivity index (χ1v) is 14.8. The highest BCUT2D eigenvalue weighted by molar-refractivity contribution is 5.95. The molecule has 1 atom stereocenters. The molecule has 0 bridgehead atoms. The minimum Gasteiger partial charge on any atom is -0.335 e. The number of pyridine rings is 2. The molecule has 0 saturated carbocycles. The predicted molar refractivity (Wildman–Crippen MR) is 177 cm³/mol. The Morgan fingerprint density at radius 2 is 1.18 bits per heavy atom. The van der Waals surface area contributed by atoms with Gasteiger partial charge in [-0.1, -0.05) is 60.1 Å². The van der Waals surface area contributed by atoms with Gasteiger partial charge in [0.25, 0.3) is 11.8 Å². The highest BCUT2D eigenvalue weighted by Crippen LogP contribution is 2.25. The van der Waals surface area contributed by atoms with Crippen molar-refractivity contribution in [2.24, 2.45) is 0 Å². The summed E-state index contributed by atoms with van der Waals surface area (Å²) in [6, 6.07) is 21.1. The van der Waals surface area contributed by atoms with E-state index in [4.69, 9.17) is 0 Å². The molecule has 0 aliphatic rings. The Bertz CT molecular complexity index is 1960. The van der Waals surface area contributed by atoms with Crippen molar-refractivity contribution in [3.05, 3.63) is 130 Å². The smallest absolute Gasteiger partial charge is 0.335 e. The first kappa shape index (κ1) is 37.5. The Morgan fingerprint density at radius 3 is 1.61 bits per heavy atom. The SMILES string of the molecule is CC(N(C)C(=O)c1ncc(C#Cc2ccccc2)cc1F)C(F)(F)F.CN(C(=O)c1ncc(C#Cc2ccccc2)cc1C#N)C(C)(C)C. The zero-order valence-corrected chi connectivity index (χ0v) is 27.7. The van der Waals surface area contributed by atoms with E-state index < -0.39 is 29.6 Å². The third-order valence-corrected chi connectivity index (χ3v) is 7.19. The van der Waals surface area contributed by atoms with Gasteiger partial charge in [0.15, 0.2) is 11.5 Å². The van der Waals surface area contributed by atoms with Crippen molar-refractivity contribution < 1.29 is 27.2 Å². The van der Waals surface area contributed by atoms with Crippen LogP contribution in [0.4, 0.5) is 17.6 Å². The van der Waals surface area contributed by atoms with Crippen molar-refractivity contribution in [2.45, 2.75) is 45.5 Å². The number of nitriles is 1. The average molecular weight is 668 g/mol. The van der Waals surface area contributed by atoms with Crippen molar-refractivity contribution in [2.75, 3.05) is 14.1 Å². The zero-order valence-electron chi connectivity index (χ0n) is 27.7. The molecular formula is C38H33F4N5O2. The molecule has 250 valence electrons. The molecule has 0 spiro atoms. The summed E-state index contributed by atoms with van der Waals surface area (Å²) in [6.07, 6.45) is -1.93. The summed E-state index contributed by atoms with van der Waals surface area (Å²) in [5.74, 6) is 9.02. The fourth-order valence-electron chi connectivity index (χ4n) is 3.81. The minimum absolute atomic E-state index is 0.153. The molecule has 4 aromatic rings. The van der Waals surface area contributed by atoms with Gasteiger partial charge >= 0.3 is 6.18 Å². The standard InChI is InChI=1S/C20H19N3O.C18H14F4N2O/c1-20(2,3)23(4)19(24)18-17(13-21)12-16(14-22-18)11-10-15-8-6-5-7-9-15;1-12(18(20,21)22)24(2)17(25)16-15(19)10-14(11-23-16)9-8-13-6-4-3-5-7-13/h5-9,12,14H,1-4H3;3-7,10-12H,1-2H3. The number of carbonyl (C=O) groups excluding carboxylic acids is 2. The summed E-state index contributed by atoms with van der Waals surface area (Å²) >= 11 is 0. The van der Waals surface area contributed by atoms with E-state index in [2.05, 4.69) is 33.6 Å². The van der Waals surface area contributed by atoms with E-state index in [1.54, 1.807) is 42.3 Å². The molecule has 0 aliphatic carbocycles. The Kier molecular flexibility index (Phi) is 12.4. The Hall–Kier alpha value is -5.99. The maximum Gasteiger partial charge on any atom is 0.408 e. The summed E-state index contributed by atoms with van der Waals surface area (Å²) < 4.78 is 52.1. The van der Waals surface area contributed by atoms with Crippen LogP contribution in [0.5, 0.6) is 0 Å². The van der Waals surface area contributed by atoms with Crippen LogP contribution in [-0.4, -0.2) is 63.4 Å². The van der Waals surface area contributed by atoms with Crippen LogP contribution >= 0.6 is 0 Å². The van der Waals surface area contributed by atoms with E-state index in [1.807, 2.05) is 63.2 Å². The number of alkyl halides is 3. The van der Waals surface area contributed by atoms with Crippen LogP contribution < -0.4 is 0 Å². The van der Waals surface area contributed by atoms with E-state index in [1.165, 1.54) is 6.20 Å². The van der Waals surface area contributed by atoms with E-state index in [0.29, 0.717) is 16.0 Å². The molecule has 2 amide bonds. The normalized spacial score (nSPS) is 11.2. The summed E-state index contributed by atoms with van der Waals surface area (Å²) in [6.45, 7) is 6.60. The van der Waals surface area contributed by atoms with E-state index in [9.17, 15) is 32.4 Å². The molecule has 2 heterocycles. The molecule has 0 fully saturated rings. The van der Waals surface area contributed by atoms with Crippen LogP contribution in [0.25, 0.3) is 0 Å². The number of aromatic nitrogens is 2. The largest absolute Gasteiger partial charge is 0.408 e. The van der Waals surface area contributed by atoms with Gasteiger partial charge in [-0.15, -0.1) is 0 Å². The first-order valence-electron chi connectivity index (χ1n) is 14.8. The molecule has 11 heteroatoms. The number of nitrogens with zero attached hydrogens (tertiary/aromatic N) is 5. The lowest BCUT2D eigenvalue weighted by Crippen LogP contribution is -2.45. The number of amides is 2. The fraction of sp³-hybridized carbons (Fsp3) is 0.237. The monoisotopic (exact) mass is 667 g/mol. The number of benzene rings is 2. The predicted octanol–water partition coefficient (Wildman–Crippen LogP) is 6.87. The Labute approximate surface area is 283 Å². The lowest BCUT2D eigenvalue weighted by molar-refractivity contribution is -0.169. The van der Waals surface area contributed by atoms with Crippen molar-refractivity contribution >= 4 is 11.8 Å². The second-order valence-electron chi connectivity index (χ2n) is 11.7. The maximum absolute atomic E-state index is 14.1. The van der Waals surface area contributed by atoms with Gasteiger partial charge in [-0.05, 0) is 64.1 Å². The zero-order chi connectivity index (χ0) is 36.4. The quantitative estimate of drug-likeness (QED) is 0.176. The molecule has 1 unspecified atom stereocenters. The second kappa shape index (κ2) is 16.2. The van der Waals surface area contributed by atoms with Crippen molar-refractivity contribution in [3.8, 4) is 29.8 Å². The van der Waals surface area contributed by atoms with Gasteiger partial charge in [-0.25, -0.2) is 14.4 Å². The average Bonchev–Trinajstić information content (AvgIpc) is 3.08. The highest BCUT2D eigenvalue weighted by atomic mass is 19.4. The summed E-state index contributed by atoms with van der Waals surface area (Å²) in [4.78, 5) is 34.4. The van der Waals surface area contributed by atoms with Crippen molar-refractivity contribution in [3.63, 3.8) is 0 Å². The molecule has 0 aliphatic heterocycles. The van der Waals surface area contributed by atoms with E-state index in [-0.39, 0.29) is 28.3 Å². The summed E-state index contributed by atoms with van der Waals surface area (Å²) in [5, 5.41) is 9.35. The Morgan fingerprint density at radius 1 is 0.735 bits per heavy atom. The van der Waals surface area contributed by atoms with E-state index in [0.717, 1.165) is 31.8 Å². The molecule has 49 heavy (non-hydrogen) atoms. The second-order valence-corrected chi connectivity index (χ2v) is 11.7. The number of carbonyl (C=O) groups is 2. The highest BCUT2D eigenvalue weighted by Gasteiger charge is 2.41. The van der Waals surface area contributed by atoms with Gasteiger partial charge in [-0.3, -0.25) is 9.59 Å². The summed E-state index contributed by atoms with van der Waals surface area (Å²) in [5.41, 5.74) is 1.76. The summed E-state index contributed by atoms with van der Waals surface area (Å²) in [7, 11) is 2.65. The van der Waals surface area contributed by atoms with Crippen molar-refractivity contribution in [1.82, 2.24) is 19.8 Å². The molecule has 7 nitrogen and oxygen atoms in total. The lowest BCUT2D eigenvalue weighted by Gasteiger charge is -2.31. The molecule has 2 aromatic heterocycles. The molecule has 0 N–H and O–H groups in total. The van der Waals surface area contributed by atoms with Gasteiger partial charge in [0.05, 0.1) is 5.56 Å². The van der Waals surface area contributed by atoms with Gasteiger partial charge in [-0.2, -0.15) is 18.4 Å². The van der Waals surface area contributed by atoms with Crippen molar-refractivity contribution in [1.29, 1.82) is 5.26 Å². The van der Waals surface area contributed by atoms with Gasteiger partial charge in [0.2, 0.25) is 0 Å². The minimum atomic E-state index is -4.61. The number of rotatable bonds is 3. The number of hydrogen-bond acceptors (Lipinski definition) is 5. The lowest BCUT2D eigenvalue weighted by atomic mass is 10.0. The third kappa shape index (κ3) is 10.5. The van der Waals surface area contributed by atoms with Gasteiger partial charge in [0.1, 0.15) is 17.8 Å². The molecule has 0 radical (unpaired) electrons. The van der Waals surface area contributed by atoms with E-state index >= 15 is 0 Å².